The van der Waals surface area contributed by atoms with Crippen molar-refractivity contribution >= 4 is 27.4 Å². The Balaban J connectivity index is 2.08. The molecule has 0 amide bonds. The second-order valence-electron chi connectivity index (χ2n) is 4.06. The van der Waals surface area contributed by atoms with E-state index < -0.39 is 0 Å². The first kappa shape index (κ1) is 13.5. The summed E-state index contributed by atoms with van der Waals surface area (Å²) in [7, 11) is 0. The Morgan fingerprint density at radius 2 is 1.79 bits per heavy atom. The number of nitrogens with zero attached hydrogens (tertiary/aromatic N) is 1. The molecule has 0 atom stereocenters. The summed E-state index contributed by atoms with van der Waals surface area (Å²) < 4.78 is 0.958. The highest BCUT2D eigenvalue weighted by atomic mass is 79.9. The van der Waals surface area contributed by atoms with E-state index in [0.29, 0.717) is 5.56 Å². The number of nitrogens with one attached hydrogen (secondary N) is 1. The average Bonchev–Trinajstić information content (AvgIpc) is 2.40. The predicted octanol–water partition coefficient (Wildman–Crippen LogP) is 4.04. The van der Waals surface area contributed by atoms with E-state index in [1.807, 2.05) is 31.2 Å². The zero-order valence-electron chi connectivity index (χ0n) is 10.4. The smallest absolute Gasteiger partial charge is 0.187 e. The number of rotatable bonds is 4. The van der Waals surface area contributed by atoms with Gasteiger partial charge in [0.1, 0.15) is 0 Å². The minimum Gasteiger partial charge on any atom is -0.359 e. The van der Waals surface area contributed by atoms with Gasteiger partial charge in [0.2, 0.25) is 0 Å². The monoisotopic (exact) mass is 316 g/mol. The summed E-state index contributed by atoms with van der Waals surface area (Å²) in [5, 5.41) is 3.14. The lowest BCUT2D eigenvalue weighted by Gasteiger charge is -2.05. The second-order valence-corrected chi connectivity index (χ2v) is 4.98. The number of pyridine rings is 1. The van der Waals surface area contributed by atoms with Crippen molar-refractivity contribution in [1.29, 1.82) is 0 Å². The molecule has 1 aromatic heterocycles. The molecule has 0 fully saturated rings. The Bertz CT molecular complexity index is 591. The molecule has 19 heavy (non-hydrogen) atoms. The van der Waals surface area contributed by atoms with Gasteiger partial charge >= 0.3 is 0 Å². The second kappa shape index (κ2) is 6.29. The van der Waals surface area contributed by atoms with Crippen LogP contribution < -0.4 is 5.32 Å². The molecule has 1 heterocycles. The van der Waals surface area contributed by atoms with E-state index in [1.165, 1.54) is 0 Å². The largest absolute Gasteiger partial charge is 0.359 e. The van der Waals surface area contributed by atoms with Crippen LogP contribution in [0.15, 0.2) is 65.0 Å². The fraction of sp³-hybridized carbons (Fsp3) is 0.0667. The zero-order chi connectivity index (χ0) is 13.7. The Morgan fingerprint density at radius 1 is 1.16 bits per heavy atom. The fourth-order valence-corrected chi connectivity index (χ4v) is 1.86. The standard InChI is InChI=1S/C15H13BrN2O/c1-11(18-14-6-8-17-9-7-14)10-15(19)12-2-4-13(16)5-3-12/h2-10H,1H3,(H,17,18)/b11-10+. The summed E-state index contributed by atoms with van der Waals surface area (Å²) in [5.41, 5.74) is 2.37. The topological polar surface area (TPSA) is 42.0 Å². The van der Waals surface area contributed by atoms with Gasteiger partial charge in [0, 0.05) is 39.9 Å². The summed E-state index contributed by atoms with van der Waals surface area (Å²) in [4.78, 5) is 16.0. The van der Waals surface area contributed by atoms with Gasteiger partial charge in [-0.3, -0.25) is 9.78 Å². The minimum atomic E-state index is -0.0217. The number of hydrogen-bond donors (Lipinski definition) is 1. The summed E-state index contributed by atoms with van der Waals surface area (Å²) >= 11 is 3.34. The Labute approximate surface area is 120 Å². The Morgan fingerprint density at radius 3 is 2.42 bits per heavy atom. The van der Waals surface area contributed by atoms with Crippen molar-refractivity contribution in [2.45, 2.75) is 6.92 Å². The molecular weight excluding hydrogens is 304 g/mol. The van der Waals surface area contributed by atoms with Crippen LogP contribution in [0.4, 0.5) is 5.69 Å². The molecule has 3 nitrogen and oxygen atoms in total. The van der Waals surface area contributed by atoms with E-state index in [1.54, 1.807) is 30.6 Å². The SMILES string of the molecule is C/C(=C\C(=O)c1ccc(Br)cc1)Nc1ccncc1. The molecular formula is C15H13BrN2O. The fourth-order valence-electron chi connectivity index (χ4n) is 1.59. The van der Waals surface area contributed by atoms with Crippen molar-refractivity contribution in [2.75, 3.05) is 5.32 Å². The van der Waals surface area contributed by atoms with E-state index in [9.17, 15) is 4.79 Å². The van der Waals surface area contributed by atoms with E-state index >= 15 is 0 Å². The van der Waals surface area contributed by atoms with Crippen molar-refractivity contribution in [2.24, 2.45) is 0 Å². The van der Waals surface area contributed by atoms with Crippen LogP contribution in [0, 0.1) is 0 Å². The van der Waals surface area contributed by atoms with Gasteiger partial charge in [-0.15, -0.1) is 0 Å². The molecule has 1 aromatic carbocycles. The normalized spacial score (nSPS) is 11.2. The van der Waals surface area contributed by atoms with Gasteiger partial charge in [-0.1, -0.05) is 15.9 Å². The number of ketones is 1. The Kier molecular flexibility index (Phi) is 4.47. The summed E-state index contributed by atoms with van der Waals surface area (Å²) in [6, 6.07) is 11.0. The molecule has 0 unspecified atom stereocenters. The molecule has 1 N–H and O–H groups in total. The van der Waals surface area contributed by atoms with Crippen LogP contribution in [-0.4, -0.2) is 10.8 Å². The maximum Gasteiger partial charge on any atom is 0.187 e. The highest BCUT2D eigenvalue weighted by Gasteiger charge is 2.03. The predicted molar refractivity (Wildman–Crippen MR) is 80.1 cm³/mol. The van der Waals surface area contributed by atoms with Gasteiger partial charge in [0.15, 0.2) is 5.78 Å². The van der Waals surface area contributed by atoms with Crippen molar-refractivity contribution < 1.29 is 4.79 Å². The molecule has 0 saturated heterocycles. The third-order valence-corrected chi connectivity index (χ3v) is 3.03. The quantitative estimate of drug-likeness (QED) is 0.683. The van der Waals surface area contributed by atoms with Crippen molar-refractivity contribution in [3.63, 3.8) is 0 Å². The maximum absolute atomic E-state index is 12.0. The number of hydrogen-bond acceptors (Lipinski definition) is 3. The average molecular weight is 317 g/mol. The van der Waals surface area contributed by atoms with E-state index in [-0.39, 0.29) is 5.78 Å². The lowest BCUT2D eigenvalue weighted by Crippen LogP contribution is -2.01. The zero-order valence-corrected chi connectivity index (χ0v) is 12.0. The van der Waals surface area contributed by atoms with E-state index in [2.05, 4.69) is 26.2 Å². The molecule has 4 heteroatoms. The van der Waals surface area contributed by atoms with Gasteiger partial charge in [0.05, 0.1) is 0 Å². The van der Waals surface area contributed by atoms with E-state index in [4.69, 9.17) is 0 Å². The van der Waals surface area contributed by atoms with Gasteiger partial charge in [-0.05, 0) is 43.3 Å². The van der Waals surface area contributed by atoms with Crippen LogP contribution >= 0.6 is 15.9 Å². The van der Waals surface area contributed by atoms with Crippen LogP contribution in [0.25, 0.3) is 0 Å². The van der Waals surface area contributed by atoms with Crippen LogP contribution in [0.1, 0.15) is 17.3 Å². The number of anilines is 1. The number of aromatic nitrogens is 1. The molecule has 2 rings (SSSR count). The molecule has 0 saturated carbocycles. The van der Waals surface area contributed by atoms with Gasteiger partial charge in [-0.25, -0.2) is 0 Å². The first-order chi connectivity index (χ1) is 9.15. The summed E-state index contributed by atoms with van der Waals surface area (Å²) in [6.45, 7) is 1.86. The van der Waals surface area contributed by atoms with Gasteiger partial charge in [-0.2, -0.15) is 0 Å². The highest BCUT2D eigenvalue weighted by molar-refractivity contribution is 9.10. The first-order valence-electron chi connectivity index (χ1n) is 5.80. The molecule has 0 aliphatic heterocycles. The molecule has 0 radical (unpaired) electrons. The minimum absolute atomic E-state index is 0.0217. The summed E-state index contributed by atoms with van der Waals surface area (Å²) in [6.07, 6.45) is 4.99. The maximum atomic E-state index is 12.0. The van der Waals surface area contributed by atoms with Crippen LogP contribution in [0.2, 0.25) is 0 Å². The van der Waals surface area contributed by atoms with E-state index in [0.717, 1.165) is 15.9 Å². The molecule has 0 bridgehead atoms. The molecule has 0 aliphatic rings. The Hall–Kier alpha value is -1.94. The van der Waals surface area contributed by atoms with Crippen molar-refractivity contribution in [1.82, 2.24) is 4.98 Å². The highest BCUT2D eigenvalue weighted by Crippen LogP contribution is 2.13. The lowest BCUT2D eigenvalue weighted by atomic mass is 10.1. The molecule has 0 spiro atoms. The van der Waals surface area contributed by atoms with Gasteiger partial charge < -0.3 is 5.32 Å². The molecule has 2 aromatic rings. The van der Waals surface area contributed by atoms with Crippen molar-refractivity contribution in [3.8, 4) is 0 Å². The van der Waals surface area contributed by atoms with Crippen molar-refractivity contribution in [3.05, 3.63) is 70.6 Å². The number of allylic oxidation sites excluding steroid dienone is 2. The van der Waals surface area contributed by atoms with Crippen LogP contribution in [0.3, 0.4) is 0 Å². The number of carbonyl (C=O) groups is 1. The summed E-state index contributed by atoms with van der Waals surface area (Å²) in [5.74, 6) is -0.0217. The third kappa shape index (κ3) is 4.03. The van der Waals surface area contributed by atoms with Crippen LogP contribution in [-0.2, 0) is 0 Å². The lowest BCUT2D eigenvalue weighted by molar-refractivity contribution is 0.104. The molecule has 0 aliphatic carbocycles. The van der Waals surface area contributed by atoms with Crippen LogP contribution in [0.5, 0.6) is 0 Å². The molecule has 96 valence electrons. The first-order valence-corrected chi connectivity index (χ1v) is 6.60. The number of benzene rings is 1. The number of halogens is 1. The van der Waals surface area contributed by atoms with Gasteiger partial charge in [0.25, 0.3) is 0 Å². The third-order valence-electron chi connectivity index (χ3n) is 2.50. The number of carbonyl (C=O) groups excluding carboxylic acids is 1.